The number of amides is 1. The van der Waals surface area contributed by atoms with Gasteiger partial charge in [0, 0.05) is 29.4 Å². The van der Waals surface area contributed by atoms with Gasteiger partial charge >= 0.3 is 0 Å². The van der Waals surface area contributed by atoms with E-state index in [4.69, 9.17) is 5.73 Å². The molecule has 1 saturated carbocycles. The fourth-order valence-electron chi connectivity index (χ4n) is 5.47. The van der Waals surface area contributed by atoms with Gasteiger partial charge in [-0.2, -0.15) is 0 Å². The Hall–Kier alpha value is -3.95. The second-order valence-corrected chi connectivity index (χ2v) is 8.84. The van der Waals surface area contributed by atoms with Crippen LogP contribution < -0.4 is 5.73 Å². The Kier molecular flexibility index (Phi) is 4.68. The van der Waals surface area contributed by atoms with E-state index in [9.17, 15) is 39.9 Å². The molecule has 2 aromatic rings. The van der Waals surface area contributed by atoms with Crippen molar-refractivity contribution in [2.24, 2.45) is 17.6 Å². The van der Waals surface area contributed by atoms with Gasteiger partial charge in [-0.25, -0.2) is 0 Å². The Bertz CT molecular complexity index is 1340. The number of fused-ring (bicyclic) bond motifs is 3. The number of phenolic OH excluding ortho intramolecular Hbond substituents is 1. The van der Waals surface area contributed by atoms with Crippen molar-refractivity contribution in [2.45, 2.75) is 24.5 Å². The molecule has 0 unspecified atom stereocenters. The van der Waals surface area contributed by atoms with Gasteiger partial charge in [0.1, 0.15) is 22.8 Å². The summed E-state index contributed by atoms with van der Waals surface area (Å²) in [5, 5.41) is 55.1. The monoisotopic (exact) mass is 463 g/mol. The number of aromatic hydroxyl groups is 1. The van der Waals surface area contributed by atoms with Crippen molar-refractivity contribution >= 4 is 23.2 Å². The van der Waals surface area contributed by atoms with Crippen LogP contribution in [-0.4, -0.2) is 54.7 Å². The predicted molar refractivity (Wildman–Crippen MR) is 118 cm³/mol. The number of benzene rings is 2. The summed E-state index contributed by atoms with van der Waals surface area (Å²) >= 11 is 0. The molecule has 1 fully saturated rings. The number of aliphatic hydroxyl groups excluding tert-OH is 3. The smallest absolute Gasteiger partial charge is 0.255 e. The van der Waals surface area contributed by atoms with Crippen LogP contribution >= 0.6 is 0 Å². The number of carbonyl (C=O) groups excluding carboxylic acids is 3. The molecule has 0 aliphatic heterocycles. The van der Waals surface area contributed by atoms with Crippen molar-refractivity contribution < 1.29 is 39.9 Å². The summed E-state index contributed by atoms with van der Waals surface area (Å²) in [5.41, 5.74) is 2.51. The lowest BCUT2D eigenvalue weighted by atomic mass is 9.58. The van der Waals surface area contributed by atoms with E-state index >= 15 is 0 Å². The first-order valence-electron chi connectivity index (χ1n) is 10.6. The number of hydrogen-bond acceptors (Lipinski definition) is 8. The quantitative estimate of drug-likeness (QED) is 0.358. The average Bonchev–Trinajstić information content (AvgIpc) is 2.80. The number of nitrogens with two attached hydrogens (primary N) is 1. The Morgan fingerprint density at radius 1 is 1.00 bits per heavy atom. The molecule has 9 heteroatoms. The van der Waals surface area contributed by atoms with Crippen LogP contribution in [0.1, 0.15) is 17.5 Å². The van der Waals surface area contributed by atoms with Crippen molar-refractivity contribution in [3.05, 3.63) is 70.5 Å². The van der Waals surface area contributed by atoms with Crippen LogP contribution in [-0.2, 0) is 20.8 Å². The fourth-order valence-corrected chi connectivity index (χ4v) is 5.47. The number of rotatable bonds is 2. The molecule has 4 atom stereocenters. The second kappa shape index (κ2) is 7.28. The van der Waals surface area contributed by atoms with Crippen molar-refractivity contribution in [3.63, 3.8) is 0 Å². The van der Waals surface area contributed by atoms with Crippen LogP contribution in [0.2, 0.25) is 0 Å². The number of ketones is 2. The predicted octanol–water partition coefficient (Wildman–Crippen LogP) is 1.06. The average molecular weight is 463 g/mol. The van der Waals surface area contributed by atoms with E-state index in [-0.39, 0.29) is 17.7 Å². The molecule has 2 aromatic carbocycles. The van der Waals surface area contributed by atoms with Gasteiger partial charge in [-0.15, -0.1) is 0 Å². The molecular weight excluding hydrogens is 442 g/mol. The number of hydrogen-bond donors (Lipinski definition) is 6. The topological polar surface area (TPSA) is 178 Å². The third-order valence-electron chi connectivity index (χ3n) is 7.13. The van der Waals surface area contributed by atoms with Gasteiger partial charge in [0.25, 0.3) is 5.91 Å². The van der Waals surface area contributed by atoms with E-state index in [1.54, 1.807) is 42.5 Å². The molecule has 0 bridgehead atoms. The van der Waals surface area contributed by atoms with E-state index in [0.717, 1.165) is 0 Å². The summed E-state index contributed by atoms with van der Waals surface area (Å²) < 4.78 is 0. The fraction of sp³-hybridized carbons (Fsp3) is 0.240. The van der Waals surface area contributed by atoms with Crippen LogP contribution in [0.5, 0.6) is 5.75 Å². The molecule has 0 saturated heterocycles. The Labute approximate surface area is 193 Å². The van der Waals surface area contributed by atoms with Gasteiger partial charge in [-0.1, -0.05) is 42.5 Å². The first-order chi connectivity index (χ1) is 16.1. The lowest BCUT2D eigenvalue weighted by Gasteiger charge is -2.48. The minimum atomic E-state index is -2.83. The zero-order chi connectivity index (χ0) is 24.5. The largest absolute Gasteiger partial charge is 0.508 e. The van der Waals surface area contributed by atoms with E-state index in [1.807, 2.05) is 0 Å². The van der Waals surface area contributed by atoms with Crippen molar-refractivity contribution in [3.8, 4) is 16.9 Å². The maximum Gasteiger partial charge on any atom is 0.255 e. The molecule has 34 heavy (non-hydrogen) atoms. The lowest BCUT2D eigenvalue weighted by Crippen LogP contribution is -2.63. The van der Waals surface area contributed by atoms with E-state index in [1.165, 1.54) is 0 Å². The molecular formula is C25H21NO8. The first kappa shape index (κ1) is 21.9. The van der Waals surface area contributed by atoms with Crippen LogP contribution in [0, 0.1) is 11.8 Å². The number of primary amides is 1. The van der Waals surface area contributed by atoms with Gasteiger partial charge in [-0.05, 0) is 17.5 Å². The van der Waals surface area contributed by atoms with Gasteiger partial charge in [0.15, 0.2) is 11.4 Å². The maximum absolute atomic E-state index is 13.5. The molecule has 174 valence electrons. The number of phenols is 1. The molecule has 3 aliphatic rings. The summed E-state index contributed by atoms with van der Waals surface area (Å²) in [6.45, 7) is 0. The Morgan fingerprint density at radius 3 is 2.32 bits per heavy atom. The minimum absolute atomic E-state index is 0.0260. The minimum Gasteiger partial charge on any atom is -0.508 e. The SMILES string of the molecule is NC(=O)C1=C(O)[C@@]2(O)C(=O)C3=C(O)c4c(ccc(-c5ccccc5)c4O)C[C@H]3[C@H](O)[C@H]2CC1=O. The molecule has 0 heterocycles. The summed E-state index contributed by atoms with van der Waals surface area (Å²) in [4.78, 5) is 37.6. The maximum atomic E-state index is 13.5. The number of aliphatic hydroxyl groups is 4. The number of Topliss-reactive ketones (excluding diaryl/α,β-unsaturated/α-hetero) is 2. The highest BCUT2D eigenvalue weighted by atomic mass is 16.4. The molecule has 0 aromatic heterocycles. The third kappa shape index (κ3) is 2.71. The van der Waals surface area contributed by atoms with Crippen LogP contribution in [0.25, 0.3) is 16.9 Å². The van der Waals surface area contributed by atoms with E-state index in [2.05, 4.69) is 0 Å². The van der Waals surface area contributed by atoms with Gasteiger partial charge in [-0.3, -0.25) is 14.4 Å². The molecule has 3 aliphatic carbocycles. The molecule has 9 nitrogen and oxygen atoms in total. The number of carbonyl (C=O) groups is 3. The van der Waals surface area contributed by atoms with Gasteiger partial charge in [0.05, 0.1) is 11.7 Å². The van der Waals surface area contributed by atoms with Gasteiger partial charge < -0.3 is 31.3 Å². The Morgan fingerprint density at radius 2 is 1.68 bits per heavy atom. The third-order valence-corrected chi connectivity index (χ3v) is 7.13. The van der Waals surface area contributed by atoms with Crippen molar-refractivity contribution in [2.75, 3.05) is 0 Å². The summed E-state index contributed by atoms with van der Waals surface area (Å²) in [6.07, 6.45) is -2.09. The van der Waals surface area contributed by atoms with E-state index in [0.29, 0.717) is 16.7 Å². The van der Waals surface area contributed by atoms with Crippen LogP contribution in [0.15, 0.2) is 59.4 Å². The van der Waals surface area contributed by atoms with Crippen molar-refractivity contribution in [1.82, 2.24) is 0 Å². The molecule has 7 N–H and O–H groups in total. The normalized spacial score (nSPS) is 28.4. The zero-order valence-electron chi connectivity index (χ0n) is 17.7. The summed E-state index contributed by atoms with van der Waals surface area (Å²) in [6, 6.07) is 12.2. The highest BCUT2D eigenvalue weighted by molar-refractivity contribution is 6.23. The first-order valence-corrected chi connectivity index (χ1v) is 10.6. The zero-order valence-corrected chi connectivity index (χ0v) is 17.7. The van der Waals surface area contributed by atoms with Crippen LogP contribution in [0.3, 0.4) is 0 Å². The molecule has 5 rings (SSSR count). The highest BCUT2D eigenvalue weighted by Crippen LogP contribution is 2.52. The molecule has 0 radical (unpaired) electrons. The molecule has 1 amide bonds. The summed E-state index contributed by atoms with van der Waals surface area (Å²) in [5.74, 6) is -8.02. The molecule has 0 spiro atoms. The van der Waals surface area contributed by atoms with Gasteiger partial charge in [0.2, 0.25) is 5.78 Å². The summed E-state index contributed by atoms with van der Waals surface area (Å²) in [7, 11) is 0. The Balaban J connectivity index is 1.72. The van der Waals surface area contributed by atoms with Crippen LogP contribution in [0.4, 0.5) is 0 Å². The second-order valence-electron chi connectivity index (χ2n) is 8.84. The lowest BCUT2D eigenvalue weighted by molar-refractivity contribution is -0.159. The van der Waals surface area contributed by atoms with E-state index < -0.39 is 70.1 Å². The van der Waals surface area contributed by atoms with Crippen molar-refractivity contribution in [1.29, 1.82) is 0 Å². The highest BCUT2D eigenvalue weighted by Gasteiger charge is 2.63. The standard InChI is InChI=1S/C25H21NO8/c26-24(33)18-15(27)9-14-19(28)13-8-11-6-7-12(10-4-2-1-3-5-10)20(29)16(11)21(30)17(13)22(31)25(14,34)23(18)32/h1-7,13-14,19,28-30,32,34H,8-9H2,(H2,26,33)/t13-,14-,19+,25+/m1/s1.